The number of thiophene rings is 1. The topological polar surface area (TPSA) is 29.9 Å². The molecular weight excluding hydrogens is 218 g/mol. The fourth-order valence-electron chi connectivity index (χ4n) is 1.63. The Hall–Kier alpha value is -1.29. The van der Waals surface area contributed by atoms with Crippen molar-refractivity contribution in [1.29, 1.82) is 0 Å². The first-order valence-corrected chi connectivity index (χ1v) is 6.34. The summed E-state index contributed by atoms with van der Waals surface area (Å²) in [7, 11) is 1.93. The molecule has 0 bridgehead atoms. The van der Waals surface area contributed by atoms with Gasteiger partial charge < -0.3 is 5.32 Å². The number of aromatic nitrogens is 2. The second-order valence-electron chi connectivity index (χ2n) is 3.93. The number of nitrogens with one attached hydrogen (secondary N) is 1. The van der Waals surface area contributed by atoms with Crippen molar-refractivity contribution in [3.8, 4) is 0 Å². The largest absolute Gasteiger partial charge is 0.375 e. The Bertz CT molecular complexity index is 458. The summed E-state index contributed by atoms with van der Waals surface area (Å²) in [6.45, 7) is 4.37. The van der Waals surface area contributed by atoms with Crippen LogP contribution in [0.4, 0.5) is 5.69 Å². The highest BCUT2D eigenvalue weighted by molar-refractivity contribution is 7.12. The normalized spacial score (nSPS) is 12.7. The van der Waals surface area contributed by atoms with Gasteiger partial charge in [-0.1, -0.05) is 6.92 Å². The lowest BCUT2D eigenvalue weighted by Gasteiger charge is -2.11. The molecule has 3 nitrogen and oxygen atoms in total. The molecule has 2 aromatic rings. The standard InChI is InChI=1S/C12H17N3S/c1-4-11-5-6-12(16-11)9(2)14-10-7-13-15(3)8-10/h5-9,14H,4H2,1-3H3. The van der Waals surface area contributed by atoms with Gasteiger partial charge in [-0.05, 0) is 25.5 Å². The molecule has 0 saturated carbocycles. The minimum absolute atomic E-state index is 0.342. The summed E-state index contributed by atoms with van der Waals surface area (Å²) >= 11 is 1.88. The van der Waals surface area contributed by atoms with Gasteiger partial charge in [0.1, 0.15) is 0 Å². The molecule has 0 spiro atoms. The smallest absolute Gasteiger partial charge is 0.0731 e. The van der Waals surface area contributed by atoms with Gasteiger partial charge in [0.15, 0.2) is 0 Å². The summed E-state index contributed by atoms with van der Waals surface area (Å²) in [6.07, 6.45) is 4.96. The molecule has 1 N–H and O–H groups in total. The van der Waals surface area contributed by atoms with Gasteiger partial charge in [-0.2, -0.15) is 5.10 Å². The van der Waals surface area contributed by atoms with Crippen LogP contribution >= 0.6 is 11.3 Å². The molecule has 1 unspecified atom stereocenters. The number of hydrogen-bond acceptors (Lipinski definition) is 3. The van der Waals surface area contributed by atoms with Crippen molar-refractivity contribution < 1.29 is 0 Å². The van der Waals surface area contributed by atoms with Gasteiger partial charge >= 0.3 is 0 Å². The van der Waals surface area contributed by atoms with E-state index in [0.717, 1.165) is 12.1 Å². The van der Waals surface area contributed by atoms with E-state index in [1.165, 1.54) is 9.75 Å². The van der Waals surface area contributed by atoms with E-state index in [-0.39, 0.29) is 0 Å². The monoisotopic (exact) mass is 235 g/mol. The van der Waals surface area contributed by atoms with Crippen LogP contribution in [0.25, 0.3) is 0 Å². The molecule has 2 aromatic heterocycles. The highest BCUT2D eigenvalue weighted by atomic mass is 32.1. The second kappa shape index (κ2) is 4.70. The van der Waals surface area contributed by atoms with Crippen molar-refractivity contribution in [2.45, 2.75) is 26.3 Å². The lowest BCUT2D eigenvalue weighted by Crippen LogP contribution is -2.03. The Morgan fingerprint density at radius 2 is 2.31 bits per heavy atom. The SMILES string of the molecule is CCc1ccc(C(C)Nc2cnn(C)c2)s1. The van der Waals surface area contributed by atoms with Crippen molar-refractivity contribution in [3.05, 3.63) is 34.3 Å². The van der Waals surface area contributed by atoms with Crippen LogP contribution in [0.5, 0.6) is 0 Å². The van der Waals surface area contributed by atoms with E-state index < -0.39 is 0 Å². The van der Waals surface area contributed by atoms with Crippen LogP contribution in [0.1, 0.15) is 29.6 Å². The summed E-state index contributed by atoms with van der Waals surface area (Å²) in [6, 6.07) is 4.76. The molecule has 0 aromatic carbocycles. The van der Waals surface area contributed by atoms with E-state index in [0.29, 0.717) is 6.04 Å². The minimum Gasteiger partial charge on any atom is -0.375 e. The van der Waals surface area contributed by atoms with E-state index in [1.807, 2.05) is 30.8 Å². The molecule has 0 saturated heterocycles. The van der Waals surface area contributed by atoms with E-state index in [9.17, 15) is 0 Å². The molecule has 16 heavy (non-hydrogen) atoms. The van der Waals surface area contributed by atoms with Crippen LogP contribution in [-0.4, -0.2) is 9.78 Å². The van der Waals surface area contributed by atoms with Crippen LogP contribution in [-0.2, 0) is 13.5 Å². The van der Waals surface area contributed by atoms with Gasteiger partial charge in [0.05, 0.1) is 17.9 Å². The fourth-order valence-corrected chi connectivity index (χ4v) is 2.59. The lowest BCUT2D eigenvalue weighted by atomic mass is 10.2. The number of aryl methyl sites for hydroxylation is 2. The highest BCUT2D eigenvalue weighted by Crippen LogP contribution is 2.26. The van der Waals surface area contributed by atoms with Crippen LogP contribution < -0.4 is 5.32 Å². The van der Waals surface area contributed by atoms with E-state index in [2.05, 4.69) is 36.4 Å². The molecule has 0 fully saturated rings. The van der Waals surface area contributed by atoms with Gasteiger partial charge in [0, 0.05) is 23.0 Å². The highest BCUT2D eigenvalue weighted by Gasteiger charge is 2.08. The van der Waals surface area contributed by atoms with Crippen molar-refractivity contribution >= 4 is 17.0 Å². The molecule has 0 aliphatic carbocycles. The van der Waals surface area contributed by atoms with Crippen LogP contribution in [0.3, 0.4) is 0 Å². The summed E-state index contributed by atoms with van der Waals surface area (Å²) < 4.78 is 1.81. The number of nitrogens with zero attached hydrogens (tertiary/aromatic N) is 2. The molecule has 2 heterocycles. The van der Waals surface area contributed by atoms with Gasteiger partial charge in [0.2, 0.25) is 0 Å². The lowest BCUT2D eigenvalue weighted by molar-refractivity contribution is 0.767. The zero-order valence-electron chi connectivity index (χ0n) is 9.90. The Morgan fingerprint density at radius 1 is 1.50 bits per heavy atom. The third-order valence-electron chi connectivity index (χ3n) is 2.55. The predicted molar refractivity (Wildman–Crippen MR) is 68.9 cm³/mol. The summed E-state index contributed by atoms with van der Waals surface area (Å²) in [5, 5.41) is 7.59. The van der Waals surface area contributed by atoms with Crippen molar-refractivity contribution in [2.75, 3.05) is 5.32 Å². The van der Waals surface area contributed by atoms with E-state index in [1.54, 1.807) is 4.68 Å². The van der Waals surface area contributed by atoms with E-state index in [4.69, 9.17) is 0 Å². The quantitative estimate of drug-likeness (QED) is 0.882. The zero-order chi connectivity index (χ0) is 11.5. The third kappa shape index (κ3) is 2.44. The maximum atomic E-state index is 4.14. The Morgan fingerprint density at radius 3 is 2.88 bits per heavy atom. The average Bonchev–Trinajstić information content (AvgIpc) is 2.87. The molecule has 1 atom stereocenters. The Kier molecular flexibility index (Phi) is 3.29. The van der Waals surface area contributed by atoms with E-state index >= 15 is 0 Å². The van der Waals surface area contributed by atoms with Crippen LogP contribution in [0, 0.1) is 0 Å². The minimum atomic E-state index is 0.342. The number of hydrogen-bond donors (Lipinski definition) is 1. The molecule has 4 heteroatoms. The molecule has 86 valence electrons. The molecule has 0 radical (unpaired) electrons. The maximum absolute atomic E-state index is 4.14. The van der Waals surface area contributed by atoms with Gasteiger partial charge in [0.25, 0.3) is 0 Å². The molecule has 0 aliphatic rings. The molecule has 2 rings (SSSR count). The summed E-state index contributed by atoms with van der Waals surface area (Å²) in [4.78, 5) is 2.82. The van der Waals surface area contributed by atoms with Crippen molar-refractivity contribution in [1.82, 2.24) is 9.78 Å². The second-order valence-corrected chi connectivity index (χ2v) is 5.13. The number of rotatable bonds is 4. The first-order valence-electron chi connectivity index (χ1n) is 5.53. The first-order chi connectivity index (χ1) is 7.69. The van der Waals surface area contributed by atoms with Gasteiger partial charge in [-0.15, -0.1) is 11.3 Å². The Labute approximate surface area is 100 Å². The first kappa shape index (κ1) is 11.2. The van der Waals surface area contributed by atoms with Crippen LogP contribution in [0.15, 0.2) is 24.5 Å². The molecule has 0 aliphatic heterocycles. The van der Waals surface area contributed by atoms with Crippen molar-refractivity contribution in [3.63, 3.8) is 0 Å². The predicted octanol–water partition coefficient (Wildman–Crippen LogP) is 3.22. The summed E-state index contributed by atoms with van der Waals surface area (Å²) in [5.74, 6) is 0. The maximum Gasteiger partial charge on any atom is 0.0731 e. The van der Waals surface area contributed by atoms with Gasteiger partial charge in [-0.3, -0.25) is 4.68 Å². The fraction of sp³-hybridized carbons (Fsp3) is 0.417. The molecule has 0 amide bonds. The number of anilines is 1. The van der Waals surface area contributed by atoms with Crippen LogP contribution in [0.2, 0.25) is 0 Å². The summed E-state index contributed by atoms with van der Waals surface area (Å²) in [5.41, 5.74) is 1.07. The van der Waals surface area contributed by atoms with Gasteiger partial charge in [-0.25, -0.2) is 0 Å². The zero-order valence-corrected chi connectivity index (χ0v) is 10.7. The molecular formula is C12H17N3S. The third-order valence-corrected chi connectivity index (χ3v) is 3.96. The average molecular weight is 235 g/mol. The van der Waals surface area contributed by atoms with Crippen molar-refractivity contribution in [2.24, 2.45) is 7.05 Å². The Balaban J connectivity index is 2.05.